The molecule has 0 unspecified atom stereocenters. The third kappa shape index (κ3) is 1.92. The molecule has 3 rings (SSSR count). The Morgan fingerprint density at radius 2 is 1.84 bits per heavy atom. The first-order valence-corrected chi connectivity index (χ1v) is 6.36. The molecule has 0 bridgehead atoms. The maximum Gasteiger partial charge on any atom is 0.373 e. The van der Waals surface area contributed by atoms with E-state index >= 15 is 0 Å². The van der Waals surface area contributed by atoms with Crippen LogP contribution in [0.25, 0.3) is 22.2 Å². The Labute approximate surface area is 117 Å². The van der Waals surface area contributed by atoms with Crippen molar-refractivity contribution in [2.75, 3.05) is 0 Å². The van der Waals surface area contributed by atoms with Gasteiger partial charge in [0.15, 0.2) is 0 Å². The summed E-state index contributed by atoms with van der Waals surface area (Å²) in [6.45, 7) is 0. The van der Waals surface area contributed by atoms with Crippen LogP contribution in [0.15, 0.2) is 48.5 Å². The molecule has 0 fully saturated rings. The van der Waals surface area contributed by atoms with Crippen molar-refractivity contribution in [1.82, 2.24) is 8.58 Å². The van der Waals surface area contributed by atoms with Gasteiger partial charge in [-0.05, 0) is 11.6 Å². The summed E-state index contributed by atoms with van der Waals surface area (Å²) in [4.78, 5) is 15.3. The maximum absolute atomic E-state index is 11.1. The molecule has 0 aliphatic carbocycles. The fraction of sp³-hybridized carbons (Fsp3) is 0. The van der Waals surface area contributed by atoms with Crippen molar-refractivity contribution in [2.24, 2.45) is 0 Å². The number of para-hydroxylation sites is 1. The van der Waals surface area contributed by atoms with Gasteiger partial charge in [-0.3, -0.25) is 3.59 Å². The van der Waals surface area contributed by atoms with Gasteiger partial charge in [0, 0.05) is 5.56 Å². The molecule has 2 aromatic carbocycles. The highest BCUT2D eigenvalue weighted by molar-refractivity contribution is 9.08. The SMILES string of the molecule is O=C(O)c1nc2c(-c3ccccc3)cccc2n1Br. The Bertz CT molecular complexity index is 766. The van der Waals surface area contributed by atoms with Gasteiger partial charge in [0.25, 0.3) is 0 Å². The normalized spacial score (nSPS) is 10.8. The molecule has 0 spiro atoms. The minimum atomic E-state index is -1.06. The molecule has 19 heavy (non-hydrogen) atoms. The van der Waals surface area contributed by atoms with Gasteiger partial charge < -0.3 is 5.11 Å². The van der Waals surface area contributed by atoms with Crippen LogP contribution in [0.3, 0.4) is 0 Å². The topological polar surface area (TPSA) is 55.1 Å². The Balaban J connectivity index is 2.33. The van der Waals surface area contributed by atoms with Gasteiger partial charge in [0.05, 0.1) is 27.2 Å². The lowest BCUT2D eigenvalue weighted by Gasteiger charge is -2.02. The van der Waals surface area contributed by atoms with Crippen molar-refractivity contribution in [3.8, 4) is 11.1 Å². The minimum absolute atomic E-state index is 0.0293. The summed E-state index contributed by atoms with van der Waals surface area (Å²) in [5.41, 5.74) is 3.33. The van der Waals surface area contributed by atoms with Crippen molar-refractivity contribution in [3.63, 3.8) is 0 Å². The van der Waals surface area contributed by atoms with Gasteiger partial charge >= 0.3 is 5.97 Å². The number of rotatable bonds is 2. The molecule has 0 saturated carbocycles. The molecule has 1 N–H and O–H groups in total. The Morgan fingerprint density at radius 1 is 1.11 bits per heavy atom. The summed E-state index contributed by atoms with van der Waals surface area (Å²) in [6.07, 6.45) is 0. The highest BCUT2D eigenvalue weighted by atomic mass is 79.9. The standard InChI is InChI=1S/C14H9BrN2O2/c15-17-11-8-4-7-10(9-5-2-1-3-6-9)12(11)16-13(17)14(18)19/h1-8H,(H,18,19). The van der Waals surface area contributed by atoms with Gasteiger partial charge in [-0.25, -0.2) is 9.78 Å². The fourth-order valence-corrected chi connectivity index (χ4v) is 2.57. The summed E-state index contributed by atoms with van der Waals surface area (Å²) in [5, 5.41) is 9.11. The van der Waals surface area contributed by atoms with E-state index in [4.69, 9.17) is 5.11 Å². The molecule has 0 amide bonds. The van der Waals surface area contributed by atoms with E-state index in [-0.39, 0.29) is 5.82 Å². The largest absolute Gasteiger partial charge is 0.475 e. The van der Waals surface area contributed by atoms with Crippen LogP contribution in [-0.4, -0.2) is 19.7 Å². The van der Waals surface area contributed by atoms with E-state index in [2.05, 4.69) is 21.1 Å². The van der Waals surface area contributed by atoms with Crippen molar-refractivity contribution < 1.29 is 9.90 Å². The molecule has 0 radical (unpaired) electrons. The zero-order valence-corrected chi connectivity index (χ0v) is 11.3. The third-order valence-electron chi connectivity index (χ3n) is 2.91. The van der Waals surface area contributed by atoms with Crippen LogP contribution in [0.2, 0.25) is 0 Å². The molecular formula is C14H9BrN2O2. The first-order valence-electron chi connectivity index (χ1n) is 5.65. The average molecular weight is 317 g/mol. The second-order valence-electron chi connectivity index (χ2n) is 4.06. The Morgan fingerprint density at radius 3 is 2.53 bits per heavy atom. The Kier molecular flexibility index (Phi) is 2.83. The van der Waals surface area contributed by atoms with E-state index in [1.54, 1.807) is 0 Å². The molecule has 0 saturated heterocycles. The molecule has 1 heterocycles. The summed E-state index contributed by atoms with van der Waals surface area (Å²) in [5.74, 6) is -1.09. The lowest BCUT2D eigenvalue weighted by molar-refractivity contribution is 0.0684. The predicted octanol–water partition coefficient (Wildman–Crippen LogP) is 3.56. The number of fused-ring (bicyclic) bond motifs is 1. The molecule has 5 heteroatoms. The van der Waals surface area contributed by atoms with Gasteiger partial charge in [-0.1, -0.05) is 42.5 Å². The van der Waals surface area contributed by atoms with E-state index in [0.29, 0.717) is 5.52 Å². The number of imidazole rings is 1. The van der Waals surface area contributed by atoms with E-state index < -0.39 is 5.97 Å². The molecule has 0 atom stereocenters. The van der Waals surface area contributed by atoms with Crippen LogP contribution >= 0.6 is 16.1 Å². The number of benzene rings is 2. The molecule has 3 aromatic rings. The quantitative estimate of drug-likeness (QED) is 0.786. The average Bonchev–Trinajstić information content (AvgIpc) is 2.78. The van der Waals surface area contributed by atoms with Crippen molar-refractivity contribution in [3.05, 3.63) is 54.4 Å². The predicted molar refractivity (Wildman–Crippen MR) is 76.5 cm³/mol. The molecule has 1 aromatic heterocycles. The number of halogens is 1. The van der Waals surface area contributed by atoms with E-state index in [1.165, 1.54) is 3.59 Å². The van der Waals surface area contributed by atoms with Gasteiger partial charge in [-0.15, -0.1) is 0 Å². The van der Waals surface area contributed by atoms with Gasteiger partial charge in [-0.2, -0.15) is 0 Å². The van der Waals surface area contributed by atoms with Crippen LogP contribution in [0.4, 0.5) is 0 Å². The summed E-state index contributed by atoms with van der Waals surface area (Å²) in [6, 6.07) is 15.4. The zero-order valence-electron chi connectivity index (χ0n) is 9.75. The van der Waals surface area contributed by atoms with Crippen molar-refractivity contribution in [1.29, 1.82) is 0 Å². The van der Waals surface area contributed by atoms with E-state index in [0.717, 1.165) is 16.6 Å². The minimum Gasteiger partial charge on any atom is -0.475 e. The smallest absolute Gasteiger partial charge is 0.373 e. The highest BCUT2D eigenvalue weighted by Gasteiger charge is 2.17. The number of hydrogen-bond acceptors (Lipinski definition) is 2. The van der Waals surface area contributed by atoms with Crippen LogP contribution in [-0.2, 0) is 0 Å². The second-order valence-corrected chi connectivity index (χ2v) is 4.77. The number of carboxylic acids is 1. The number of hydrogen-bond donors (Lipinski definition) is 1. The fourth-order valence-electron chi connectivity index (χ4n) is 2.05. The number of carbonyl (C=O) groups is 1. The van der Waals surface area contributed by atoms with Crippen LogP contribution < -0.4 is 0 Å². The number of nitrogens with zero attached hydrogens (tertiary/aromatic N) is 2. The third-order valence-corrected chi connectivity index (χ3v) is 3.62. The number of carboxylic acid groups (broad SMARTS) is 1. The van der Waals surface area contributed by atoms with E-state index in [1.807, 2.05) is 48.5 Å². The van der Waals surface area contributed by atoms with Crippen molar-refractivity contribution >= 4 is 33.1 Å². The molecule has 0 aliphatic heterocycles. The Hall–Kier alpha value is -2.14. The van der Waals surface area contributed by atoms with Gasteiger partial charge in [0.2, 0.25) is 5.82 Å². The summed E-state index contributed by atoms with van der Waals surface area (Å²) in [7, 11) is 0. The zero-order chi connectivity index (χ0) is 13.4. The van der Waals surface area contributed by atoms with Crippen LogP contribution in [0, 0.1) is 0 Å². The second kappa shape index (κ2) is 4.51. The number of aromatic carboxylic acids is 1. The molecular weight excluding hydrogens is 308 g/mol. The monoisotopic (exact) mass is 316 g/mol. The molecule has 4 nitrogen and oxygen atoms in total. The van der Waals surface area contributed by atoms with E-state index in [9.17, 15) is 4.79 Å². The van der Waals surface area contributed by atoms with Crippen molar-refractivity contribution in [2.45, 2.75) is 0 Å². The summed E-state index contributed by atoms with van der Waals surface area (Å²) < 4.78 is 1.41. The maximum atomic E-state index is 11.1. The summed E-state index contributed by atoms with van der Waals surface area (Å²) >= 11 is 3.23. The first-order chi connectivity index (χ1) is 9.18. The molecule has 94 valence electrons. The first kappa shape index (κ1) is 11.9. The number of aromatic nitrogens is 2. The van der Waals surface area contributed by atoms with Crippen LogP contribution in [0.1, 0.15) is 10.6 Å². The van der Waals surface area contributed by atoms with Crippen LogP contribution in [0.5, 0.6) is 0 Å². The molecule has 0 aliphatic rings. The lowest BCUT2D eigenvalue weighted by Crippen LogP contribution is -2.02. The highest BCUT2D eigenvalue weighted by Crippen LogP contribution is 2.29. The van der Waals surface area contributed by atoms with Gasteiger partial charge in [0.1, 0.15) is 0 Å². The lowest BCUT2D eigenvalue weighted by atomic mass is 10.0.